The van der Waals surface area contributed by atoms with Gasteiger partial charge in [0.25, 0.3) is 0 Å². The summed E-state index contributed by atoms with van der Waals surface area (Å²) in [5, 5.41) is 0. The summed E-state index contributed by atoms with van der Waals surface area (Å²) in [4.78, 5) is 2.06. The number of para-hydroxylation sites is 1. The first-order valence-corrected chi connectivity index (χ1v) is 5.91. The number of nitrogens with zero attached hydrogens (tertiary/aromatic N) is 1. The smallest absolute Gasteiger partial charge is 0.146 e. The molecule has 0 aliphatic heterocycles. The van der Waals surface area contributed by atoms with Crippen LogP contribution in [0.1, 0.15) is 25.7 Å². The van der Waals surface area contributed by atoms with Crippen molar-refractivity contribution in [1.82, 2.24) is 0 Å². The summed E-state index contributed by atoms with van der Waals surface area (Å²) in [6.45, 7) is 0. The number of halogens is 1. The van der Waals surface area contributed by atoms with E-state index in [1.165, 1.54) is 6.07 Å². The molecule has 0 bridgehead atoms. The Morgan fingerprint density at radius 3 is 2.44 bits per heavy atom. The molecular formula is C13H19FN2. The lowest BCUT2D eigenvalue weighted by atomic mass is 9.91. The Balaban J connectivity index is 2.07. The van der Waals surface area contributed by atoms with E-state index in [9.17, 15) is 4.39 Å². The van der Waals surface area contributed by atoms with E-state index in [0.29, 0.717) is 17.8 Å². The molecular weight excluding hydrogens is 203 g/mol. The van der Waals surface area contributed by atoms with Crippen molar-refractivity contribution in [2.75, 3.05) is 11.9 Å². The Hall–Kier alpha value is -1.09. The van der Waals surface area contributed by atoms with Gasteiger partial charge in [0.2, 0.25) is 0 Å². The number of benzene rings is 1. The molecule has 1 fully saturated rings. The Kier molecular flexibility index (Phi) is 3.44. The third-order valence-electron chi connectivity index (χ3n) is 3.52. The minimum Gasteiger partial charge on any atom is -0.369 e. The minimum absolute atomic E-state index is 0.139. The summed E-state index contributed by atoms with van der Waals surface area (Å²) < 4.78 is 13.6. The average Bonchev–Trinajstić information content (AvgIpc) is 2.30. The zero-order valence-corrected chi connectivity index (χ0v) is 9.70. The van der Waals surface area contributed by atoms with E-state index in [0.717, 1.165) is 25.7 Å². The molecule has 0 atom stereocenters. The van der Waals surface area contributed by atoms with E-state index in [-0.39, 0.29) is 5.82 Å². The highest BCUT2D eigenvalue weighted by atomic mass is 19.1. The normalized spacial score (nSPS) is 25.4. The number of rotatable bonds is 2. The van der Waals surface area contributed by atoms with Crippen LogP contribution >= 0.6 is 0 Å². The molecule has 0 amide bonds. The van der Waals surface area contributed by atoms with Gasteiger partial charge in [-0.05, 0) is 37.8 Å². The van der Waals surface area contributed by atoms with Crippen molar-refractivity contribution in [2.24, 2.45) is 5.73 Å². The molecule has 2 rings (SSSR count). The van der Waals surface area contributed by atoms with Crippen molar-refractivity contribution in [3.05, 3.63) is 30.1 Å². The van der Waals surface area contributed by atoms with Crippen molar-refractivity contribution in [2.45, 2.75) is 37.8 Å². The highest BCUT2D eigenvalue weighted by Gasteiger charge is 2.23. The number of hydrogen-bond acceptors (Lipinski definition) is 2. The van der Waals surface area contributed by atoms with Crippen LogP contribution in [0.2, 0.25) is 0 Å². The predicted molar refractivity (Wildman–Crippen MR) is 65.0 cm³/mol. The van der Waals surface area contributed by atoms with Crippen LogP contribution in [0, 0.1) is 5.82 Å². The van der Waals surface area contributed by atoms with Gasteiger partial charge in [0.05, 0.1) is 5.69 Å². The molecule has 1 saturated carbocycles. The fourth-order valence-electron chi connectivity index (χ4n) is 2.42. The Morgan fingerprint density at radius 2 is 1.81 bits per heavy atom. The van der Waals surface area contributed by atoms with Gasteiger partial charge >= 0.3 is 0 Å². The molecule has 2 N–H and O–H groups in total. The average molecular weight is 222 g/mol. The van der Waals surface area contributed by atoms with Crippen molar-refractivity contribution in [1.29, 1.82) is 0 Å². The van der Waals surface area contributed by atoms with Crippen molar-refractivity contribution >= 4 is 5.69 Å². The van der Waals surface area contributed by atoms with Gasteiger partial charge in [-0.3, -0.25) is 0 Å². The quantitative estimate of drug-likeness (QED) is 0.833. The van der Waals surface area contributed by atoms with Crippen molar-refractivity contribution < 1.29 is 4.39 Å². The van der Waals surface area contributed by atoms with Crippen LogP contribution in [-0.2, 0) is 0 Å². The zero-order chi connectivity index (χ0) is 11.5. The predicted octanol–water partition coefficient (Wildman–Crippen LogP) is 2.53. The highest BCUT2D eigenvalue weighted by Crippen LogP contribution is 2.27. The highest BCUT2D eigenvalue weighted by molar-refractivity contribution is 5.47. The topological polar surface area (TPSA) is 29.3 Å². The summed E-state index contributed by atoms with van der Waals surface area (Å²) in [6.07, 6.45) is 4.21. The maximum Gasteiger partial charge on any atom is 0.146 e. The third-order valence-corrected chi connectivity index (χ3v) is 3.52. The van der Waals surface area contributed by atoms with E-state index < -0.39 is 0 Å². The van der Waals surface area contributed by atoms with Gasteiger partial charge in [-0.15, -0.1) is 0 Å². The molecule has 16 heavy (non-hydrogen) atoms. The summed E-state index contributed by atoms with van der Waals surface area (Å²) >= 11 is 0. The monoisotopic (exact) mass is 222 g/mol. The molecule has 1 aliphatic rings. The van der Waals surface area contributed by atoms with Crippen LogP contribution in [0.5, 0.6) is 0 Å². The number of hydrogen-bond donors (Lipinski definition) is 1. The van der Waals surface area contributed by atoms with E-state index in [2.05, 4.69) is 4.90 Å². The van der Waals surface area contributed by atoms with Crippen LogP contribution in [0.25, 0.3) is 0 Å². The molecule has 3 heteroatoms. The molecule has 1 aliphatic carbocycles. The first-order valence-electron chi connectivity index (χ1n) is 5.91. The molecule has 0 radical (unpaired) electrons. The Morgan fingerprint density at radius 1 is 1.19 bits per heavy atom. The molecule has 0 aromatic heterocycles. The molecule has 0 saturated heterocycles. The van der Waals surface area contributed by atoms with Crippen molar-refractivity contribution in [3.8, 4) is 0 Å². The second-order valence-corrected chi connectivity index (χ2v) is 4.63. The SMILES string of the molecule is CN(c1ccccc1F)C1CCC(N)CC1. The van der Waals surface area contributed by atoms with Gasteiger partial charge in [0.1, 0.15) is 5.82 Å². The van der Waals surface area contributed by atoms with Gasteiger partial charge in [-0.2, -0.15) is 0 Å². The lowest BCUT2D eigenvalue weighted by Gasteiger charge is -2.35. The Labute approximate surface area is 96.2 Å². The first-order chi connectivity index (χ1) is 7.68. The van der Waals surface area contributed by atoms with E-state index in [4.69, 9.17) is 5.73 Å². The first kappa shape index (κ1) is 11.4. The van der Waals surface area contributed by atoms with Gasteiger partial charge in [-0.1, -0.05) is 12.1 Å². The lowest BCUT2D eigenvalue weighted by Crippen LogP contribution is -2.39. The summed E-state index contributed by atoms with van der Waals surface area (Å²) in [7, 11) is 1.97. The van der Waals surface area contributed by atoms with Crippen molar-refractivity contribution in [3.63, 3.8) is 0 Å². The molecule has 88 valence electrons. The van der Waals surface area contributed by atoms with Gasteiger partial charge in [0.15, 0.2) is 0 Å². The minimum atomic E-state index is -0.139. The van der Waals surface area contributed by atoms with Crippen LogP contribution in [0.4, 0.5) is 10.1 Å². The summed E-state index contributed by atoms with van der Waals surface area (Å²) in [5.74, 6) is -0.139. The summed E-state index contributed by atoms with van der Waals surface area (Å²) in [6, 6.07) is 7.72. The van der Waals surface area contributed by atoms with Crippen LogP contribution in [0.15, 0.2) is 24.3 Å². The molecule has 1 aromatic rings. The molecule has 0 unspecified atom stereocenters. The van der Waals surface area contributed by atoms with Crippen LogP contribution in [0.3, 0.4) is 0 Å². The van der Waals surface area contributed by atoms with E-state index >= 15 is 0 Å². The van der Waals surface area contributed by atoms with Gasteiger partial charge in [-0.25, -0.2) is 4.39 Å². The molecule has 2 nitrogen and oxygen atoms in total. The zero-order valence-electron chi connectivity index (χ0n) is 9.70. The van der Waals surface area contributed by atoms with Gasteiger partial charge < -0.3 is 10.6 Å². The Bertz CT molecular complexity index is 346. The van der Waals surface area contributed by atoms with Crippen LogP contribution in [-0.4, -0.2) is 19.1 Å². The molecule has 0 heterocycles. The third kappa shape index (κ3) is 2.35. The second-order valence-electron chi connectivity index (χ2n) is 4.63. The van der Waals surface area contributed by atoms with E-state index in [1.54, 1.807) is 6.07 Å². The van der Waals surface area contributed by atoms with Gasteiger partial charge in [0, 0.05) is 19.1 Å². The molecule has 0 spiro atoms. The number of anilines is 1. The standard InChI is InChI=1S/C13H19FN2/c1-16(11-8-6-10(15)7-9-11)13-5-3-2-4-12(13)14/h2-5,10-11H,6-9,15H2,1H3. The molecule has 1 aromatic carbocycles. The van der Waals surface area contributed by atoms with E-state index in [1.807, 2.05) is 19.2 Å². The van der Waals surface area contributed by atoms with Crippen LogP contribution < -0.4 is 10.6 Å². The number of nitrogens with two attached hydrogens (primary N) is 1. The maximum atomic E-state index is 13.6. The maximum absolute atomic E-state index is 13.6. The largest absolute Gasteiger partial charge is 0.369 e. The summed E-state index contributed by atoms with van der Waals surface area (Å²) in [5.41, 5.74) is 6.57. The fraction of sp³-hybridized carbons (Fsp3) is 0.538. The fourth-order valence-corrected chi connectivity index (χ4v) is 2.42. The lowest BCUT2D eigenvalue weighted by molar-refractivity contribution is 0.383. The second kappa shape index (κ2) is 4.83.